The molecular formula is C25H26N4O. The summed E-state index contributed by atoms with van der Waals surface area (Å²) in [6, 6.07) is 19.9. The molecule has 5 heteroatoms. The number of phenolic OH excluding ortho intramolecular Hbond substituents is 1. The molecule has 4 aromatic rings. The summed E-state index contributed by atoms with van der Waals surface area (Å²) in [6.07, 6.45) is 1.79. The van der Waals surface area contributed by atoms with Crippen LogP contribution in [0.2, 0.25) is 0 Å². The van der Waals surface area contributed by atoms with Gasteiger partial charge in [0.2, 0.25) is 0 Å². The Morgan fingerprint density at radius 2 is 1.67 bits per heavy atom. The van der Waals surface area contributed by atoms with Crippen LogP contribution in [0, 0.1) is 13.8 Å². The largest absolute Gasteiger partial charge is 0.505 e. The lowest BCUT2D eigenvalue weighted by atomic mass is 9.95. The third-order valence-corrected chi connectivity index (χ3v) is 5.27. The lowest BCUT2D eigenvalue weighted by molar-refractivity contribution is 0.471. The van der Waals surface area contributed by atoms with Gasteiger partial charge >= 0.3 is 0 Å². The fourth-order valence-corrected chi connectivity index (χ4v) is 3.59. The Hall–Kier alpha value is -3.60. The number of hydrogen-bond acceptors (Lipinski definition) is 5. The number of fused-ring (bicyclic) bond motifs is 1. The van der Waals surface area contributed by atoms with Gasteiger partial charge in [-0.2, -0.15) is 0 Å². The number of aromatic nitrogens is 2. The zero-order valence-electron chi connectivity index (χ0n) is 17.7. The van der Waals surface area contributed by atoms with Crippen molar-refractivity contribution in [2.75, 3.05) is 24.3 Å². The molecule has 0 aliphatic heterocycles. The summed E-state index contributed by atoms with van der Waals surface area (Å²) in [5, 5.41) is 15.6. The first-order valence-electron chi connectivity index (χ1n) is 9.98. The monoisotopic (exact) mass is 398 g/mol. The predicted molar refractivity (Wildman–Crippen MR) is 123 cm³/mol. The Balaban J connectivity index is 1.84. The van der Waals surface area contributed by atoms with E-state index >= 15 is 0 Å². The molecule has 2 aromatic carbocycles. The molecule has 30 heavy (non-hydrogen) atoms. The number of phenols is 1. The molecule has 0 unspecified atom stereocenters. The molecule has 2 aromatic heterocycles. The first kappa shape index (κ1) is 19.7. The van der Waals surface area contributed by atoms with Crippen molar-refractivity contribution in [3.8, 4) is 5.75 Å². The van der Waals surface area contributed by atoms with Gasteiger partial charge in [-0.05, 0) is 55.3 Å². The Kier molecular flexibility index (Phi) is 5.27. The number of anilines is 2. The standard InChI is InChI=1S/C25H26N4O/c1-16-13-14-26-22(15-16)28-23(18-7-10-20(11-8-18)29(3)4)21-12-9-19-6-5-17(2)27-24(19)25(21)30/h5-15,23,30H,1-4H3,(H,26,28)/t23-/m0/s1. The van der Waals surface area contributed by atoms with Crippen molar-refractivity contribution in [1.29, 1.82) is 0 Å². The number of pyridine rings is 2. The first-order valence-corrected chi connectivity index (χ1v) is 9.98. The molecule has 0 bridgehead atoms. The maximum absolute atomic E-state index is 11.1. The summed E-state index contributed by atoms with van der Waals surface area (Å²) in [5.74, 6) is 0.950. The lowest BCUT2D eigenvalue weighted by Gasteiger charge is -2.23. The van der Waals surface area contributed by atoms with E-state index in [2.05, 4.69) is 44.5 Å². The van der Waals surface area contributed by atoms with E-state index in [1.807, 2.05) is 64.3 Å². The summed E-state index contributed by atoms with van der Waals surface area (Å²) in [7, 11) is 4.04. The van der Waals surface area contributed by atoms with Crippen molar-refractivity contribution in [3.05, 3.63) is 89.2 Å². The summed E-state index contributed by atoms with van der Waals surface area (Å²) in [6.45, 7) is 3.96. The van der Waals surface area contributed by atoms with Gasteiger partial charge in [-0.1, -0.05) is 30.3 Å². The number of rotatable bonds is 5. The van der Waals surface area contributed by atoms with E-state index in [1.165, 1.54) is 0 Å². The van der Waals surface area contributed by atoms with Gasteiger partial charge in [-0.3, -0.25) is 0 Å². The number of nitrogens with zero attached hydrogens (tertiary/aromatic N) is 3. The molecule has 0 amide bonds. The van der Waals surface area contributed by atoms with Gasteiger partial charge in [0.25, 0.3) is 0 Å². The number of aromatic hydroxyl groups is 1. The molecule has 0 saturated heterocycles. The Morgan fingerprint density at radius 1 is 0.933 bits per heavy atom. The fraction of sp³-hybridized carbons (Fsp3) is 0.200. The van der Waals surface area contributed by atoms with Gasteiger partial charge in [-0.15, -0.1) is 0 Å². The summed E-state index contributed by atoms with van der Waals surface area (Å²) in [5.41, 5.74) is 5.52. The van der Waals surface area contributed by atoms with E-state index in [0.717, 1.165) is 39.3 Å². The Morgan fingerprint density at radius 3 is 2.37 bits per heavy atom. The number of aryl methyl sites for hydroxylation is 2. The predicted octanol–water partition coefficient (Wildman–Crippen LogP) is 5.22. The zero-order chi connectivity index (χ0) is 21.3. The fourth-order valence-electron chi connectivity index (χ4n) is 3.59. The highest BCUT2D eigenvalue weighted by atomic mass is 16.3. The Labute approximate surface area is 177 Å². The van der Waals surface area contributed by atoms with Crippen LogP contribution in [0.25, 0.3) is 10.9 Å². The molecule has 0 radical (unpaired) electrons. The third-order valence-electron chi connectivity index (χ3n) is 5.27. The second-order valence-electron chi connectivity index (χ2n) is 7.81. The van der Waals surface area contributed by atoms with Crippen LogP contribution in [-0.4, -0.2) is 29.2 Å². The van der Waals surface area contributed by atoms with E-state index in [-0.39, 0.29) is 11.8 Å². The van der Waals surface area contributed by atoms with Gasteiger partial charge in [0.1, 0.15) is 17.1 Å². The maximum atomic E-state index is 11.1. The van der Waals surface area contributed by atoms with Gasteiger partial charge in [-0.25, -0.2) is 9.97 Å². The highest BCUT2D eigenvalue weighted by Crippen LogP contribution is 2.37. The van der Waals surface area contributed by atoms with Crippen LogP contribution in [0.1, 0.15) is 28.4 Å². The lowest BCUT2D eigenvalue weighted by Crippen LogP contribution is -2.14. The van der Waals surface area contributed by atoms with Crippen molar-refractivity contribution in [2.45, 2.75) is 19.9 Å². The van der Waals surface area contributed by atoms with Crippen LogP contribution >= 0.6 is 0 Å². The number of benzene rings is 2. The average Bonchev–Trinajstić information content (AvgIpc) is 2.73. The van der Waals surface area contributed by atoms with Crippen LogP contribution in [0.5, 0.6) is 5.75 Å². The molecule has 0 aliphatic carbocycles. The molecule has 1 atom stereocenters. The second-order valence-corrected chi connectivity index (χ2v) is 7.81. The molecule has 0 fully saturated rings. The topological polar surface area (TPSA) is 61.3 Å². The van der Waals surface area contributed by atoms with E-state index in [1.54, 1.807) is 6.20 Å². The summed E-state index contributed by atoms with van der Waals surface area (Å²) < 4.78 is 0. The van der Waals surface area contributed by atoms with Crippen molar-refractivity contribution >= 4 is 22.4 Å². The molecule has 5 nitrogen and oxygen atoms in total. The Bertz CT molecular complexity index is 1190. The molecule has 2 heterocycles. The molecule has 4 rings (SSSR count). The van der Waals surface area contributed by atoms with Crippen LogP contribution in [0.3, 0.4) is 0 Å². The minimum Gasteiger partial charge on any atom is -0.505 e. The van der Waals surface area contributed by atoms with Gasteiger partial charge < -0.3 is 15.3 Å². The van der Waals surface area contributed by atoms with Crippen molar-refractivity contribution in [1.82, 2.24) is 9.97 Å². The van der Waals surface area contributed by atoms with E-state index in [0.29, 0.717) is 5.52 Å². The average molecular weight is 399 g/mol. The smallest absolute Gasteiger partial charge is 0.147 e. The minimum absolute atomic E-state index is 0.193. The highest BCUT2D eigenvalue weighted by molar-refractivity contribution is 5.86. The maximum Gasteiger partial charge on any atom is 0.147 e. The quantitative estimate of drug-likeness (QED) is 0.483. The molecule has 0 saturated carbocycles. The first-order chi connectivity index (χ1) is 14.4. The van der Waals surface area contributed by atoms with Crippen molar-refractivity contribution < 1.29 is 5.11 Å². The van der Waals surface area contributed by atoms with Crippen molar-refractivity contribution in [2.24, 2.45) is 0 Å². The van der Waals surface area contributed by atoms with Crippen LogP contribution in [-0.2, 0) is 0 Å². The van der Waals surface area contributed by atoms with E-state index < -0.39 is 0 Å². The van der Waals surface area contributed by atoms with Gasteiger partial charge in [0.15, 0.2) is 0 Å². The summed E-state index contributed by atoms with van der Waals surface area (Å²) >= 11 is 0. The number of hydrogen-bond donors (Lipinski definition) is 2. The van der Waals surface area contributed by atoms with Crippen LogP contribution in [0.4, 0.5) is 11.5 Å². The molecule has 0 spiro atoms. The number of nitrogens with one attached hydrogen (secondary N) is 1. The second kappa shape index (κ2) is 8.03. The normalized spacial score (nSPS) is 12.0. The highest BCUT2D eigenvalue weighted by Gasteiger charge is 2.21. The molecule has 0 aliphatic rings. The zero-order valence-corrected chi connectivity index (χ0v) is 17.7. The van der Waals surface area contributed by atoms with Gasteiger partial charge in [0.05, 0.1) is 6.04 Å². The van der Waals surface area contributed by atoms with Crippen LogP contribution in [0.15, 0.2) is 66.9 Å². The van der Waals surface area contributed by atoms with Gasteiger partial charge in [0, 0.05) is 42.6 Å². The SMILES string of the molecule is Cc1ccnc(N[C@@H](c2ccc(N(C)C)cc2)c2ccc3ccc(C)nc3c2O)c1. The molecular weight excluding hydrogens is 372 g/mol. The molecule has 152 valence electrons. The van der Waals surface area contributed by atoms with E-state index in [4.69, 9.17) is 0 Å². The van der Waals surface area contributed by atoms with Crippen molar-refractivity contribution in [3.63, 3.8) is 0 Å². The molecule has 2 N–H and O–H groups in total. The van der Waals surface area contributed by atoms with Crippen LogP contribution < -0.4 is 10.2 Å². The third kappa shape index (κ3) is 3.92. The summed E-state index contributed by atoms with van der Waals surface area (Å²) in [4.78, 5) is 11.1. The van der Waals surface area contributed by atoms with E-state index in [9.17, 15) is 5.11 Å². The minimum atomic E-state index is -0.276.